The van der Waals surface area contributed by atoms with Crippen LogP contribution in [0.15, 0.2) is 60.7 Å². The van der Waals surface area contributed by atoms with Crippen molar-refractivity contribution in [3.63, 3.8) is 0 Å². The molecule has 1 aliphatic rings. The maximum atomic E-state index is 12.9. The highest BCUT2D eigenvalue weighted by Gasteiger charge is 2.38. The number of alkyl halides is 3. The van der Waals surface area contributed by atoms with Crippen molar-refractivity contribution in [3.05, 3.63) is 71.8 Å². The maximum Gasteiger partial charge on any atom is 0.490 e. The van der Waals surface area contributed by atoms with Gasteiger partial charge in [-0.25, -0.2) is 9.59 Å². The number of carbonyl (C=O) groups excluding carboxylic acids is 1. The van der Waals surface area contributed by atoms with Crippen molar-refractivity contribution in [2.75, 3.05) is 32.7 Å². The molecule has 3 rings (SSSR count). The van der Waals surface area contributed by atoms with Gasteiger partial charge in [-0.2, -0.15) is 13.2 Å². The lowest BCUT2D eigenvalue weighted by Crippen LogP contribution is -2.42. The molecule has 40 heavy (non-hydrogen) atoms. The molecular formula is C31H44F3N3O3. The fraction of sp³-hybridized carbons (Fsp3) is 0.548. The number of carbonyl (C=O) groups is 2. The van der Waals surface area contributed by atoms with Gasteiger partial charge >= 0.3 is 18.2 Å². The SMILES string of the molecule is CCCCCCNC(=O)N(CCCN1CCC(Cc2ccccc2)CC1)Cc1ccccc1.O=C(O)C(F)(F)F. The average molecular weight is 564 g/mol. The van der Waals surface area contributed by atoms with Crippen molar-refractivity contribution < 1.29 is 27.9 Å². The van der Waals surface area contributed by atoms with Gasteiger partial charge in [0.2, 0.25) is 0 Å². The number of rotatable bonds is 13. The summed E-state index contributed by atoms with van der Waals surface area (Å²) in [6.07, 6.45) is 4.43. The molecule has 0 spiro atoms. The highest BCUT2D eigenvalue weighted by molar-refractivity contribution is 5.74. The van der Waals surface area contributed by atoms with Crippen LogP contribution in [-0.2, 0) is 17.8 Å². The van der Waals surface area contributed by atoms with Gasteiger partial charge in [-0.3, -0.25) is 0 Å². The minimum Gasteiger partial charge on any atom is -0.475 e. The Balaban J connectivity index is 0.000000708. The summed E-state index contributed by atoms with van der Waals surface area (Å²) in [5, 5.41) is 10.3. The fourth-order valence-electron chi connectivity index (χ4n) is 4.76. The highest BCUT2D eigenvalue weighted by atomic mass is 19.4. The van der Waals surface area contributed by atoms with Crippen molar-refractivity contribution in [2.45, 2.75) is 71.0 Å². The number of halogens is 3. The minimum absolute atomic E-state index is 0.0805. The molecule has 6 nitrogen and oxygen atoms in total. The molecule has 1 fully saturated rings. The molecule has 1 heterocycles. The first-order valence-corrected chi connectivity index (χ1v) is 14.3. The molecule has 0 aromatic heterocycles. The number of likely N-dealkylation sites (tertiary alicyclic amines) is 1. The quantitative estimate of drug-likeness (QED) is 0.264. The van der Waals surface area contributed by atoms with Crippen LogP contribution in [0.2, 0.25) is 0 Å². The second-order valence-electron chi connectivity index (χ2n) is 10.3. The molecule has 9 heteroatoms. The van der Waals surface area contributed by atoms with Crippen LogP contribution in [-0.4, -0.2) is 65.8 Å². The monoisotopic (exact) mass is 563 g/mol. The summed E-state index contributed by atoms with van der Waals surface area (Å²) in [5.41, 5.74) is 2.66. The Morgan fingerprint density at radius 1 is 0.925 bits per heavy atom. The summed E-state index contributed by atoms with van der Waals surface area (Å²) in [6.45, 7) is 7.91. The van der Waals surface area contributed by atoms with Gasteiger partial charge in [0, 0.05) is 19.6 Å². The summed E-state index contributed by atoms with van der Waals surface area (Å²) < 4.78 is 31.7. The topological polar surface area (TPSA) is 72.9 Å². The molecule has 2 N–H and O–H groups in total. The summed E-state index contributed by atoms with van der Waals surface area (Å²) in [4.78, 5) is 26.4. The van der Waals surface area contributed by atoms with Gasteiger partial charge < -0.3 is 20.2 Å². The van der Waals surface area contributed by atoms with Crippen LogP contribution >= 0.6 is 0 Å². The summed E-state index contributed by atoms with van der Waals surface area (Å²) >= 11 is 0. The van der Waals surface area contributed by atoms with Gasteiger partial charge in [0.25, 0.3) is 0 Å². The molecule has 0 radical (unpaired) electrons. The van der Waals surface area contributed by atoms with Gasteiger partial charge in [0.15, 0.2) is 0 Å². The Morgan fingerprint density at radius 3 is 2.05 bits per heavy atom. The zero-order chi connectivity index (χ0) is 29.2. The number of benzene rings is 2. The molecule has 222 valence electrons. The Morgan fingerprint density at radius 2 is 1.50 bits per heavy atom. The van der Waals surface area contributed by atoms with Crippen LogP contribution in [0.3, 0.4) is 0 Å². The van der Waals surface area contributed by atoms with Crippen LogP contribution < -0.4 is 5.32 Å². The van der Waals surface area contributed by atoms with E-state index in [4.69, 9.17) is 9.90 Å². The van der Waals surface area contributed by atoms with Crippen LogP contribution in [0.4, 0.5) is 18.0 Å². The maximum absolute atomic E-state index is 12.9. The highest BCUT2D eigenvalue weighted by Crippen LogP contribution is 2.22. The number of nitrogens with one attached hydrogen (secondary N) is 1. The number of nitrogens with zero attached hydrogens (tertiary/aromatic N) is 2. The van der Waals surface area contributed by atoms with Gasteiger partial charge in [-0.05, 0) is 68.8 Å². The van der Waals surface area contributed by atoms with Gasteiger partial charge in [-0.15, -0.1) is 0 Å². The summed E-state index contributed by atoms with van der Waals surface area (Å²) in [6, 6.07) is 21.3. The van der Waals surface area contributed by atoms with E-state index < -0.39 is 12.1 Å². The lowest BCUT2D eigenvalue weighted by atomic mass is 9.90. The summed E-state index contributed by atoms with van der Waals surface area (Å²) in [7, 11) is 0. The molecule has 2 aromatic rings. The third kappa shape index (κ3) is 13.8. The van der Waals surface area contributed by atoms with Crippen LogP contribution in [0, 0.1) is 5.92 Å². The van der Waals surface area contributed by atoms with E-state index in [1.165, 1.54) is 62.7 Å². The van der Waals surface area contributed by atoms with Crippen molar-refractivity contribution in [3.8, 4) is 0 Å². The van der Waals surface area contributed by atoms with Gasteiger partial charge in [0.05, 0.1) is 0 Å². The van der Waals surface area contributed by atoms with E-state index in [2.05, 4.69) is 71.7 Å². The predicted molar refractivity (Wildman–Crippen MR) is 152 cm³/mol. The molecular weight excluding hydrogens is 519 g/mol. The second kappa shape index (κ2) is 18.3. The van der Waals surface area contributed by atoms with E-state index in [1.54, 1.807) is 0 Å². The lowest BCUT2D eigenvalue weighted by Gasteiger charge is -2.32. The zero-order valence-electron chi connectivity index (χ0n) is 23.5. The third-order valence-corrected chi connectivity index (χ3v) is 7.03. The number of carboxylic acids is 1. The van der Waals surface area contributed by atoms with E-state index in [9.17, 15) is 18.0 Å². The molecule has 2 amide bonds. The first-order valence-electron chi connectivity index (χ1n) is 14.3. The van der Waals surface area contributed by atoms with Crippen molar-refractivity contribution in [1.29, 1.82) is 0 Å². The van der Waals surface area contributed by atoms with Crippen molar-refractivity contribution in [1.82, 2.24) is 15.1 Å². The Kier molecular flexibility index (Phi) is 15.2. The predicted octanol–water partition coefficient (Wildman–Crippen LogP) is 6.76. The Bertz CT molecular complexity index is 966. The van der Waals surface area contributed by atoms with E-state index in [1.807, 2.05) is 11.0 Å². The van der Waals surface area contributed by atoms with E-state index >= 15 is 0 Å². The Labute approximate surface area is 236 Å². The Hall–Kier alpha value is -3.07. The number of aliphatic carboxylic acids is 1. The standard InChI is InChI=1S/C29H43N3O.C2HF3O2/c1-2-3-4-11-19-30-29(33)32(25-28-15-9-6-10-16-28)21-12-20-31-22-17-27(18-23-31)24-26-13-7-5-8-14-26;3-2(4,5)1(6)7/h5-10,13-16,27H,2-4,11-12,17-25H2,1H3,(H,30,33);(H,6,7). The fourth-order valence-corrected chi connectivity index (χ4v) is 4.76. The third-order valence-electron chi connectivity index (χ3n) is 7.03. The number of unbranched alkanes of at least 4 members (excludes halogenated alkanes) is 3. The van der Waals surface area contributed by atoms with Crippen molar-refractivity contribution >= 4 is 12.0 Å². The molecule has 0 saturated carbocycles. The van der Waals surface area contributed by atoms with Gasteiger partial charge in [0.1, 0.15) is 0 Å². The first kappa shape index (κ1) is 33.1. The van der Waals surface area contributed by atoms with Crippen LogP contribution in [0.25, 0.3) is 0 Å². The van der Waals surface area contributed by atoms with Crippen LogP contribution in [0.5, 0.6) is 0 Å². The van der Waals surface area contributed by atoms with E-state index in [0.29, 0.717) is 6.54 Å². The lowest BCUT2D eigenvalue weighted by molar-refractivity contribution is -0.192. The van der Waals surface area contributed by atoms with E-state index in [0.717, 1.165) is 38.4 Å². The van der Waals surface area contributed by atoms with E-state index in [-0.39, 0.29) is 6.03 Å². The molecule has 1 aliphatic heterocycles. The van der Waals surface area contributed by atoms with Crippen LogP contribution in [0.1, 0.15) is 63.0 Å². The number of piperidine rings is 1. The number of amides is 2. The van der Waals surface area contributed by atoms with Crippen molar-refractivity contribution in [2.24, 2.45) is 5.92 Å². The molecule has 1 saturated heterocycles. The molecule has 0 unspecified atom stereocenters. The zero-order valence-corrected chi connectivity index (χ0v) is 23.5. The number of hydrogen-bond donors (Lipinski definition) is 2. The first-order chi connectivity index (χ1) is 19.2. The minimum atomic E-state index is -5.08. The van der Waals surface area contributed by atoms with Gasteiger partial charge in [-0.1, -0.05) is 86.8 Å². The molecule has 0 atom stereocenters. The average Bonchev–Trinajstić information content (AvgIpc) is 2.94. The summed E-state index contributed by atoms with van der Waals surface area (Å²) in [5.74, 6) is -1.95. The molecule has 2 aromatic carbocycles. The number of carboxylic acid groups (broad SMARTS) is 1. The largest absolute Gasteiger partial charge is 0.490 e. The molecule has 0 bridgehead atoms. The second-order valence-corrected chi connectivity index (χ2v) is 10.3. The number of urea groups is 1. The number of hydrogen-bond acceptors (Lipinski definition) is 3. The normalized spacial score (nSPS) is 14.2. The molecule has 0 aliphatic carbocycles. The smallest absolute Gasteiger partial charge is 0.475 e.